The van der Waals surface area contributed by atoms with Gasteiger partial charge in [0, 0.05) is 10.6 Å². The molecular formula is C18H21NOS. The van der Waals surface area contributed by atoms with Crippen molar-refractivity contribution in [1.82, 2.24) is 0 Å². The minimum Gasteiger partial charge on any atom is -0.325 e. The lowest BCUT2D eigenvalue weighted by atomic mass is 9.98. The van der Waals surface area contributed by atoms with Crippen molar-refractivity contribution in [2.24, 2.45) is 0 Å². The molecule has 0 unspecified atom stereocenters. The van der Waals surface area contributed by atoms with Crippen LogP contribution in [0.25, 0.3) is 0 Å². The van der Waals surface area contributed by atoms with E-state index in [4.69, 9.17) is 0 Å². The molecule has 110 valence electrons. The average molecular weight is 299 g/mol. The summed E-state index contributed by atoms with van der Waals surface area (Å²) >= 11 is 4.25. The van der Waals surface area contributed by atoms with Gasteiger partial charge in [0.15, 0.2) is 0 Å². The van der Waals surface area contributed by atoms with Gasteiger partial charge in [0.05, 0.1) is 6.42 Å². The topological polar surface area (TPSA) is 29.1 Å². The van der Waals surface area contributed by atoms with Gasteiger partial charge in [-0.25, -0.2) is 0 Å². The van der Waals surface area contributed by atoms with E-state index in [9.17, 15) is 4.79 Å². The van der Waals surface area contributed by atoms with Gasteiger partial charge in [-0.2, -0.15) is 0 Å². The quantitative estimate of drug-likeness (QED) is 0.794. The van der Waals surface area contributed by atoms with Crippen molar-refractivity contribution in [1.29, 1.82) is 0 Å². The maximum Gasteiger partial charge on any atom is 0.228 e. The molecule has 0 atom stereocenters. The molecule has 3 heteroatoms. The zero-order chi connectivity index (χ0) is 15.4. The van der Waals surface area contributed by atoms with Crippen LogP contribution in [0.3, 0.4) is 0 Å². The van der Waals surface area contributed by atoms with Crippen LogP contribution in [0.1, 0.15) is 36.5 Å². The largest absolute Gasteiger partial charge is 0.325 e. The molecule has 0 aliphatic heterocycles. The van der Waals surface area contributed by atoms with Gasteiger partial charge in [0.2, 0.25) is 5.91 Å². The molecule has 0 bridgehead atoms. The van der Waals surface area contributed by atoms with Gasteiger partial charge in [0.25, 0.3) is 0 Å². The number of aryl methyl sites for hydroxylation is 1. The summed E-state index contributed by atoms with van der Waals surface area (Å²) in [5.41, 5.74) is 4.21. The van der Waals surface area contributed by atoms with Gasteiger partial charge < -0.3 is 5.32 Å². The van der Waals surface area contributed by atoms with Gasteiger partial charge in [-0.3, -0.25) is 4.79 Å². The Balaban J connectivity index is 2.14. The number of carbonyl (C=O) groups is 1. The predicted octanol–water partition coefficient (Wildman–Crippen LogP) is 4.59. The smallest absolute Gasteiger partial charge is 0.228 e. The minimum absolute atomic E-state index is 0.0121. The SMILES string of the molecule is Cc1cccc(C(C)C)c1NC(=O)Cc1ccc(S)cc1. The average Bonchev–Trinajstić information content (AvgIpc) is 2.43. The normalized spacial score (nSPS) is 10.7. The van der Waals surface area contributed by atoms with Crippen molar-refractivity contribution >= 4 is 24.2 Å². The second-order valence-electron chi connectivity index (χ2n) is 5.59. The van der Waals surface area contributed by atoms with Gasteiger partial charge in [-0.05, 0) is 41.7 Å². The van der Waals surface area contributed by atoms with Gasteiger partial charge in [-0.15, -0.1) is 12.6 Å². The van der Waals surface area contributed by atoms with Crippen molar-refractivity contribution < 1.29 is 4.79 Å². The van der Waals surface area contributed by atoms with Crippen molar-refractivity contribution in [2.45, 2.75) is 38.0 Å². The molecule has 2 aromatic rings. The number of amides is 1. The summed E-state index contributed by atoms with van der Waals surface area (Å²) in [6, 6.07) is 13.8. The van der Waals surface area contributed by atoms with Crippen molar-refractivity contribution in [3.8, 4) is 0 Å². The number of carbonyl (C=O) groups excluding carboxylic acids is 1. The molecule has 0 radical (unpaired) electrons. The second-order valence-corrected chi connectivity index (χ2v) is 6.10. The first-order chi connectivity index (χ1) is 9.97. The lowest BCUT2D eigenvalue weighted by Crippen LogP contribution is -2.16. The number of anilines is 1. The lowest BCUT2D eigenvalue weighted by molar-refractivity contribution is -0.115. The molecule has 2 aromatic carbocycles. The number of hydrogen-bond donors (Lipinski definition) is 2. The Morgan fingerprint density at radius 3 is 2.43 bits per heavy atom. The molecule has 0 heterocycles. The van der Waals surface area contributed by atoms with Crippen LogP contribution >= 0.6 is 12.6 Å². The van der Waals surface area contributed by atoms with Crippen molar-refractivity contribution in [3.63, 3.8) is 0 Å². The lowest BCUT2D eigenvalue weighted by Gasteiger charge is -2.16. The summed E-state index contributed by atoms with van der Waals surface area (Å²) in [7, 11) is 0. The fourth-order valence-corrected chi connectivity index (χ4v) is 2.47. The summed E-state index contributed by atoms with van der Waals surface area (Å²) in [5, 5.41) is 3.07. The Kier molecular flexibility index (Phi) is 5.07. The van der Waals surface area contributed by atoms with E-state index in [2.05, 4.69) is 37.9 Å². The number of benzene rings is 2. The van der Waals surface area contributed by atoms with E-state index >= 15 is 0 Å². The van der Waals surface area contributed by atoms with E-state index in [0.717, 1.165) is 21.7 Å². The third-order valence-corrected chi connectivity index (χ3v) is 3.79. The van der Waals surface area contributed by atoms with Crippen LogP contribution in [0, 0.1) is 6.92 Å². The number of hydrogen-bond acceptors (Lipinski definition) is 2. The summed E-state index contributed by atoms with van der Waals surface area (Å²) in [4.78, 5) is 13.2. The van der Waals surface area contributed by atoms with E-state index in [0.29, 0.717) is 12.3 Å². The number of thiol groups is 1. The number of rotatable bonds is 4. The molecule has 1 N–H and O–H groups in total. The molecule has 2 rings (SSSR count). The molecule has 0 saturated heterocycles. The molecule has 0 spiro atoms. The van der Waals surface area contributed by atoms with Crippen LogP contribution in [0.15, 0.2) is 47.4 Å². The zero-order valence-corrected chi connectivity index (χ0v) is 13.6. The molecule has 0 aliphatic carbocycles. The highest BCUT2D eigenvalue weighted by Gasteiger charge is 2.12. The predicted molar refractivity (Wildman–Crippen MR) is 91.3 cm³/mol. The Bertz CT molecular complexity index is 632. The first-order valence-corrected chi connectivity index (χ1v) is 7.59. The zero-order valence-electron chi connectivity index (χ0n) is 12.7. The highest BCUT2D eigenvalue weighted by molar-refractivity contribution is 7.80. The van der Waals surface area contributed by atoms with E-state index < -0.39 is 0 Å². The molecule has 0 aromatic heterocycles. The Morgan fingerprint density at radius 1 is 1.14 bits per heavy atom. The molecule has 0 fully saturated rings. The fraction of sp³-hybridized carbons (Fsp3) is 0.278. The van der Waals surface area contributed by atoms with Crippen molar-refractivity contribution in [3.05, 3.63) is 59.2 Å². The van der Waals surface area contributed by atoms with Crippen LogP contribution in [0.4, 0.5) is 5.69 Å². The number of nitrogens with one attached hydrogen (secondary N) is 1. The highest BCUT2D eigenvalue weighted by Crippen LogP contribution is 2.27. The molecule has 0 saturated carbocycles. The third-order valence-electron chi connectivity index (χ3n) is 3.49. The molecule has 2 nitrogen and oxygen atoms in total. The van der Waals surface area contributed by atoms with Crippen LogP contribution in [-0.4, -0.2) is 5.91 Å². The summed E-state index contributed by atoms with van der Waals surface area (Å²) in [6.07, 6.45) is 0.375. The number of para-hydroxylation sites is 1. The summed E-state index contributed by atoms with van der Waals surface area (Å²) in [6.45, 7) is 6.29. The van der Waals surface area contributed by atoms with Crippen LogP contribution in [0.2, 0.25) is 0 Å². The van der Waals surface area contributed by atoms with E-state index in [1.165, 1.54) is 5.56 Å². The first-order valence-electron chi connectivity index (χ1n) is 7.14. The Labute approximate surface area is 132 Å². The van der Waals surface area contributed by atoms with Crippen molar-refractivity contribution in [2.75, 3.05) is 5.32 Å². The highest BCUT2D eigenvalue weighted by atomic mass is 32.1. The molecule has 0 aliphatic rings. The fourth-order valence-electron chi connectivity index (χ4n) is 2.33. The monoisotopic (exact) mass is 299 g/mol. The third kappa shape index (κ3) is 4.11. The maximum absolute atomic E-state index is 12.3. The Morgan fingerprint density at radius 2 is 1.81 bits per heavy atom. The second kappa shape index (κ2) is 6.81. The molecule has 21 heavy (non-hydrogen) atoms. The van der Waals surface area contributed by atoms with Crippen LogP contribution < -0.4 is 5.32 Å². The first kappa shape index (κ1) is 15.6. The minimum atomic E-state index is 0.0121. The molecule has 1 amide bonds. The standard InChI is InChI=1S/C18H21NOS/c1-12(2)16-6-4-5-13(3)18(16)19-17(20)11-14-7-9-15(21)10-8-14/h4-10,12,21H,11H2,1-3H3,(H,19,20). The van der Waals surface area contributed by atoms with Crippen LogP contribution in [0.5, 0.6) is 0 Å². The maximum atomic E-state index is 12.3. The van der Waals surface area contributed by atoms with Gasteiger partial charge >= 0.3 is 0 Å². The van der Waals surface area contributed by atoms with Gasteiger partial charge in [0.1, 0.15) is 0 Å². The molecular weight excluding hydrogens is 278 g/mol. The van der Waals surface area contributed by atoms with E-state index in [1.54, 1.807) is 0 Å². The summed E-state index contributed by atoms with van der Waals surface area (Å²) in [5.74, 6) is 0.391. The summed E-state index contributed by atoms with van der Waals surface area (Å²) < 4.78 is 0. The van der Waals surface area contributed by atoms with Gasteiger partial charge in [-0.1, -0.05) is 44.2 Å². The van der Waals surface area contributed by atoms with Crippen LogP contribution in [-0.2, 0) is 11.2 Å². The van der Waals surface area contributed by atoms with E-state index in [1.807, 2.05) is 43.3 Å². The van der Waals surface area contributed by atoms with E-state index in [-0.39, 0.29) is 5.91 Å². The Hall–Kier alpha value is -1.74.